The van der Waals surface area contributed by atoms with E-state index in [1.165, 1.54) is 7.05 Å². The van der Waals surface area contributed by atoms with Gasteiger partial charge in [0.05, 0.1) is 12.7 Å². The maximum absolute atomic E-state index is 10.6. The summed E-state index contributed by atoms with van der Waals surface area (Å²) in [6.45, 7) is 1.56. The Morgan fingerprint density at radius 1 is 1.75 bits per heavy atom. The first kappa shape index (κ1) is 9.28. The molecule has 70 valence electrons. The minimum atomic E-state index is -0.450. The third-order valence-electron chi connectivity index (χ3n) is 1.94. The first-order chi connectivity index (χ1) is 5.74. The fraction of sp³-hybridized carbons (Fsp3) is 0.857. The van der Waals surface area contributed by atoms with Crippen molar-refractivity contribution in [2.45, 2.75) is 6.10 Å². The Kier molecular flexibility index (Phi) is 3.31. The number of amides is 1. The zero-order valence-corrected chi connectivity index (χ0v) is 7.04. The van der Waals surface area contributed by atoms with E-state index >= 15 is 0 Å². The molecule has 0 saturated carbocycles. The van der Waals surface area contributed by atoms with E-state index in [-0.39, 0.29) is 12.5 Å². The van der Waals surface area contributed by atoms with Crippen LogP contribution in [0.15, 0.2) is 0 Å². The van der Waals surface area contributed by atoms with Crippen molar-refractivity contribution in [2.75, 3.05) is 26.7 Å². The van der Waals surface area contributed by atoms with Crippen molar-refractivity contribution < 1.29 is 14.6 Å². The van der Waals surface area contributed by atoms with E-state index in [0.717, 1.165) is 0 Å². The number of carbonyl (C=O) groups is 1. The number of carbonyl (C=O) groups excluding carboxylic acids is 1. The van der Waals surface area contributed by atoms with E-state index < -0.39 is 12.2 Å². The van der Waals surface area contributed by atoms with Gasteiger partial charge in [0.25, 0.3) is 0 Å². The van der Waals surface area contributed by atoms with Gasteiger partial charge >= 0.3 is 6.09 Å². The second kappa shape index (κ2) is 4.27. The Bertz CT molecular complexity index is 163. The lowest BCUT2D eigenvalue weighted by molar-refractivity contribution is 0.0816. The smallest absolute Gasteiger partial charge is 0.406 e. The normalized spacial score (nSPS) is 28.5. The summed E-state index contributed by atoms with van der Waals surface area (Å²) in [5.41, 5.74) is 0. The van der Waals surface area contributed by atoms with E-state index in [0.29, 0.717) is 13.1 Å². The zero-order chi connectivity index (χ0) is 8.97. The maximum atomic E-state index is 10.6. The van der Waals surface area contributed by atoms with Gasteiger partial charge in [-0.05, 0) is 0 Å². The Morgan fingerprint density at radius 3 is 3.00 bits per heavy atom. The molecule has 1 saturated heterocycles. The van der Waals surface area contributed by atoms with Crippen molar-refractivity contribution in [3.8, 4) is 0 Å². The van der Waals surface area contributed by atoms with E-state index in [1.54, 1.807) is 0 Å². The lowest BCUT2D eigenvalue weighted by Crippen LogP contribution is -2.27. The van der Waals surface area contributed by atoms with Crippen LogP contribution >= 0.6 is 0 Å². The molecule has 1 heterocycles. The molecule has 1 amide bonds. The molecule has 1 fully saturated rings. The molecule has 0 aromatic rings. The number of hydrogen-bond donors (Lipinski definition) is 3. The summed E-state index contributed by atoms with van der Waals surface area (Å²) in [6.07, 6.45) is -0.844. The summed E-state index contributed by atoms with van der Waals surface area (Å²) in [6, 6.07) is 0. The molecule has 0 radical (unpaired) electrons. The topological polar surface area (TPSA) is 70.6 Å². The summed E-state index contributed by atoms with van der Waals surface area (Å²) in [7, 11) is 1.51. The average molecular weight is 174 g/mol. The number of aliphatic hydroxyl groups excluding tert-OH is 1. The molecule has 0 spiro atoms. The molecule has 5 heteroatoms. The zero-order valence-electron chi connectivity index (χ0n) is 7.04. The van der Waals surface area contributed by atoms with Crippen LogP contribution < -0.4 is 10.6 Å². The first-order valence-corrected chi connectivity index (χ1v) is 3.97. The Morgan fingerprint density at radius 2 is 2.50 bits per heavy atom. The number of alkyl carbamates (subject to hydrolysis) is 1. The van der Waals surface area contributed by atoms with Gasteiger partial charge in [0.1, 0.15) is 0 Å². The molecule has 3 N–H and O–H groups in total. The molecule has 0 aromatic heterocycles. The predicted molar refractivity (Wildman–Crippen MR) is 42.8 cm³/mol. The number of rotatable bonds is 2. The van der Waals surface area contributed by atoms with Crippen molar-refractivity contribution in [1.82, 2.24) is 10.6 Å². The largest absolute Gasteiger partial charge is 0.449 e. The predicted octanol–water partition coefficient (Wildman–Crippen LogP) is -1.08. The van der Waals surface area contributed by atoms with Crippen molar-refractivity contribution in [1.29, 1.82) is 0 Å². The van der Waals surface area contributed by atoms with Crippen LogP contribution in [-0.2, 0) is 4.74 Å². The molecule has 1 aliphatic heterocycles. The minimum absolute atomic E-state index is 0.0299. The van der Waals surface area contributed by atoms with Gasteiger partial charge in [0, 0.05) is 26.1 Å². The van der Waals surface area contributed by atoms with Crippen molar-refractivity contribution >= 4 is 6.09 Å². The van der Waals surface area contributed by atoms with Gasteiger partial charge in [0.15, 0.2) is 0 Å². The van der Waals surface area contributed by atoms with Crippen LogP contribution in [-0.4, -0.2) is 44.0 Å². The third kappa shape index (κ3) is 2.35. The molecule has 0 bridgehead atoms. The summed E-state index contributed by atoms with van der Waals surface area (Å²) in [4.78, 5) is 10.6. The van der Waals surface area contributed by atoms with Gasteiger partial charge in [-0.25, -0.2) is 4.79 Å². The second-order valence-corrected chi connectivity index (χ2v) is 2.83. The van der Waals surface area contributed by atoms with E-state index in [2.05, 4.69) is 10.6 Å². The summed E-state index contributed by atoms with van der Waals surface area (Å²) >= 11 is 0. The maximum Gasteiger partial charge on any atom is 0.406 e. The van der Waals surface area contributed by atoms with Crippen molar-refractivity contribution in [2.24, 2.45) is 5.92 Å². The standard InChI is InChI=1S/C7H14N2O3/c1-8-7(11)12-4-5-2-9-3-6(5)10/h5-6,9-10H,2-4H2,1H3,(H,8,11)/t5-,6-/m1/s1. The second-order valence-electron chi connectivity index (χ2n) is 2.83. The molecule has 12 heavy (non-hydrogen) atoms. The van der Waals surface area contributed by atoms with Crippen LogP contribution in [0.5, 0.6) is 0 Å². The highest BCUT2D eigenvalue weighted by Crippen LogP contribution is 2.08. The Labute approximate surface area is 71.1 Å². The first-order valence-electron chi connectivity index (χ1n) is 3.97. The number of β-amino-alcohol motifs (C(OH)–C–C–N with tert-alkyl or cyclic N) is 1. The molecule has 0 aromatic carbocycles. The third-order valence-corrected chi connectivity index (χ3v) is 1.94. The summed E-state index contributed by atoms with van der Waals surface area (Å²) < 4.78 is 4.80. The molecule has 5 nitrogen and oxygen atoms in total. The lowest BCUT2D eigenvalue weighted by atomic mass is 10.1. The van der Waals surface area contributed by atoms with Gasteiger partial charge in [-0.2, -0.15) is 0 Å². The molecule has 1 rings (SSSR count). The quantitative estimate of drug-likeness (QED) is 0.498. The van der Waals surface area contributed by atoms with Gasteiger partial charge in [-0.1, -0.05) is 0 Å². The van der Waals surface area contributed by atoms with Gasteiger partial charge in [-0.3, -0.25) is 0 Å². The van der Waals surface area contributed by atoms with Crippen LogP contribution in [0.25, 0.3) is 0 Å². The molecular weight excluding hydrogens is 160 g/mol. The number of nitrogens with one attached hydrogen (secondary N) is 2. The molecule has 0 unspecified atom stereocenters. The highest BCUT2D eigenvalue weighted by atomic mass is 16.5. The van der Waals surface area contributed by atoms with E-state index in [1.807, 2.05) is 0 Å². The molecule has 0 aliphatic carbocycles. The fourth-order valence-electron chi connectivity index (χ4n) is 1.14. The van der Waals surface area contributed by atoms with E-state index in [4.69, 9.17) is 4.74 Å². The SMILES string of the molecule is CNC(=O)OC[C@H]1CNC[C@H]1O. The van der Waals surface area contributed by atoms with Crippen LogP contribution in [0.3, 0.4) is 0 Å². The van der Waals surface area contributed by atoms with E-state index in [9.17, 15) is 9.90 Å². The Balaban J connectivity index is 2.18. The highest BCUT2D eigenvalue weighted by Gasteiger charge is 2.25. The fourth-order valence-corrected chi connectivity index (χ4v) is 1.14. The van der Waals surface area contributed by atoms with Gasteiger partial charge < -0.3 is 20.5 Å². The summed E-state index contributed by atoms with van der Waals surface area (Å²) in [5.74, 6) is 0.0299. The van der Waals surface area contributed by atoms with Crippen molar-refractivity contribution in [3.05, 3.63) is 0 Å². The van der Waals surface area contributed by atoms with Gasteiger partial charge in [-0.15, -0.1) is 0 Å². The molecule has 1 aliphatic rings. The van der Waals surface area contributed by atoms with Crippen LogP contribution in [0, 0.1) is 5.92 Å². The number of hydrogen-bond acceptors (Lipinski definition) is 4. The summed E-state index contributed by atoms with van der Waals surface area (Å²) in [5, 5.41) is 14.6. The number of ether oxygens (including phenoxy) is 1. The Hall–Kier alpha value is -0.810. The van der Waals surface area contributed by atoms with Gasteiger partial charge in [0.2, 0.25) is 0 Å². The monoisotopic (exact) mass is 174 g/mol. The van der Waals surface area contributed by atoms with Crippen LogP contribution in [0.2, 0.25) is 0 Å². The average Bonchev–Trinajstić information content (AvgIpc) is 2.47. The highest BCUT2D eigenvalue weighted by molar-refractivity contribution is 5.66. The van der Waals surface area contributed by atoms with Crippen molar-refractivity contribution in [3.63, 3.8) is 0 Å². The lowest BCUT2D eigenvalue weighted by Gasteiger charge is -2.12. The number of aliphatic hydroxyl groups is 1. The molecule has 2 atom stereocenters. The van der Waals surface area contributed by atoms with Crippen LogP contribution in [0.1, 0.15) is 0 Å². The van der Waals surface area contributed by atoms with Crippen LogP contribution in [0.4, 0.5) is 4.79 Å². The minimum Gasteiger partial charge on any atom is -0.449 e. The molecular formula is C7H14N2O3.